The molecule has 0 saturated heterocycles. The van der Waals surface area contributed by atoms with E-state index in [4.69, 9.17) is 0 Å². The Balaban J connectivity index is 2.12. The fourth-order valence-electron chi connectivity index (χ4n) is 1.99. The lowest BCUT2D eigenvalue weighted by Crippen LogP contribution is -2.08. The highest BCUT2D eigenvalue weighted by Crippen LogP contribution is 2.20. The van der Waals surface area contributed by atoms with Gasteiger partial charge in [-0.1, -0.05) is 6.07 Å². The number of hydrogen-bond acceptors (Lipinski definition) is 5. The smallest absolute Gasteiger partial charge is 0.180 e. The van der Waals surface area contributed by atoms with Crippen LogP contribution in [0.2, 0.25) is 0 Å². The van der Waals surface area contributed by atoms with Crippen molar-refractivity contribution in [3.63, 3.8) is 0 Å². The molecule has 21 heavy (non-hydrogen) atoms. The van der Waals surface area contributed by atoms with Crippen LogP contribution in [0.4, 0.5) is 5.82 Å². The van der Waals surface area contributed by atoms with Crippen LogP contribution in [-0.2, 0) is 0 Å². The van der Waals surface area contributed by atoms with Crippen molar-refractivity contribution in [2.45, 2.75) is 26.7 Å². The molecule has 0 aliphatic rings. The summed E-state index contributed by atoms with van der Waals surface area (Å²) in [6.07, 6.45) is 6.29. The highest BCUT2D eigenvalue weighted by Gasteiger charge is 2.09. The molecule has 0 unspecified atom stereocenters. The molecule has 0 spiro atoms. The average molecular weight is 302 g/mol. The number of anilines is 1. The predicted molar refractivity (Wildman–Crippen MR) is 90.8 cm³/mol. The normalized spacial score (nSPS) is 10.6. The Morgan fingerprint density at radius 2 is 2.00 bits per heavy atom. The lowest BCUT2D eigenvalue weighted by atomic mass is 10.2. The van der Waals surface area contributed by atoms with E-state index in [1.165, 1.54) is 12.2 Å². The van der Waals surface area contributed by atoms with E-state index in [-0.39, 0.29) is 0 Å². The third-order valence-electron chi connectivity index (χ3n) is 3.35. The molecule has 2 aromatic rings. The molecule has 0 radical (unpaired) electrons. The predicted octanol–water partition coefficient (Wildman–Crippen LogP) is 3.71. The molecule has 112 valence electrons. The molecule has 0 fully saturated rings. The molecule has 0 aliphatic heterocycles. The van der Waals surface area contributed by atoms with E-state index in [9.17, 15) is 0 Å². The number of aryl methyl sites for hydroxylation is 1. The molecule has 2 heterocycles. The summed E-state index contributed by atoms with van der Waals surface area (Å²) in [5, 5.41) is 3.43. The molecule has 5 heteroatoms. The third kappa shape index (κ3) is 4.43. The van der Waals surface area contributed by atoms with E-state index in [0.717, 1.165) is 35.7 Å². The molecule has 0 bridgehead atoms. The van der Waals surface area contributed by atoms with E-state index in [1.807, 2.05) is 36.9 Å². The van der Waals surface area contributed by atoms with E-state index < -0.39 is 0 Å². The second kappa shape index (κ2) is 7.98. The van der Waals surface area contributed by atoms with Crippen LogP contribution in [0.25, 0.3) is 11.5 Å². The summed E-state index contributed by atoms with van der Waals surface area (Å²) < 4.78 is 0. The number of thioether (sulfide) groups is 1. The van der Waals surface area contributed by atoms with Crippen LogP contribution in [0.3, 0.4) is 0 Å². The lowest BCUT2D eigenvalue weighted by Gasteiger charge is -2.12. The first-order valence-electron chi connectivity index (χ1n) is 7.22. The highest BCUT2D eigenvalue weighted by molar-refractivity contribution is 7.98. The summed E-state index contributed by atoms with van der Waals surface area (Å²) in [4.78, 5) is 13.5. The van der Waals surface area contributed by atoms with Crippen molar-refractivity contribution < 1.29 is 0 Å². The van der Waals surface area contributed by atoms with Gasteiger partial charge in [-0.15, -0.1) is 0 Å². The van der Waals surface area contributed by atoms with Gasteiger partial charge in [0.05, 0.1) is 0 Å². The minimum absolute atomic E-state index is 0.685. The SMILES string of the molecule is CSCCCCNc1nc(-c2ccccn2)nc(C)c1C. The minimum Gasteiger partial charge on any atom is -0.370 e. The number of pyridine rings is 1. The van der Waals surface area contributed by atoms with Gasteiger partial charge in [0.25, 0.3) is 0 Å². The average Bonchev–Trinajstić information content (AvgIpc) is 2.51. The van der Waals surface area contributed by atoms with Crippen LogP contribution in [0.1, 0.15) is 24.1 Å². The van der Waals surface area contributed by atoms with Crippen LogP contribution in [-0.4, -0.2) is 33.5 Å². The molecule has 0 aliphatic carbocycles. The van der Waals surface area contributed by atoms with E-state index in [1.54, 1.807) is 6.20 Å². The highest BCUT2D eigenvalue weighted by atomic mass is 32.2. The standard InChI is InChI=1S/C16H22N4S/c1-12-13(2)19-16(14-8-4-5-9-17-14)20-15(12)18-10-6-7-11-21-3/h4-5,8-9H,6-7,10-11H2,1-3H3,(H,18,19,20). The first-order valence-corrected chi connectivity index (χ1v) is 8.61. The Morgan fingerprint density at radius 3 is 2.71 bits per heavy atom. The molecule has 1 N–H and O–H groups in total. The molecule has 0 amide bonds. The quantitative estimate of drug-likeness (QED) is 0.790. The minimum atomic E-state index is 0.685. The topological polar surface area (TPSA) is 50.7 Å². The molecule has 0 saturated carbocycles. The summed E-state index contributed by atoms with van der Waals surface area (Å²) in [7, 11) is 0. The van der Waals surface area contributed by atoms with Crippen LogP contribution < -0.4 is 5.32 Å². The fraction of sp³-hybridized carbons (Fsp3) is 0.438. The molecule has 2 aromatic heterocycles. The number of nitrogens with one attached hydrogen (secondary N) is 1. The summed E-state index contributed by atoms with van der Waals surface area (Å²) in [6.45, 7) is 5.02. The monoisotopic (exact) mass is 302 g/mol. The van der Waals surface area contributed by atoms with E-state index in [0.29, 0.717) is 5.82 Å². The van der Waals surface area contributed by atoms with Crippen molar-refractivity contribution in [1.82, 2.24) is 15.0 Å². The maximum atomic E-state index is 4.63. The second-order valence-electron chi connectivity index (χ2n) is 4.95. The zero-order valence-electron chi connectivity index (χ0n) is 12.9. The lowest BCUT2D eigenvalue weighted by molar-refractivity contribution is 0.837. The molecule has 2 rings (SSSR count). The van der Waals surface area contributed by atoms with Crippen molar-refractivity contribution in [3.8, 4) is 11.5 Å². The second-order valence-corrected chi connectivity index (χ2v) is 5.93. The maximum Gasteiger partial charge on any atom is 0.180 e. The number of hydrogen-bond donors (Lipinski definition) is 1. The number of unbranched alkanes of at least 4 members (excludes halogenated alkanes) is 1. The molecular weight excluding hydrogens is 280 g/mol. The van der Waals surface area contributed by atoms with Crippen LogP contribution >= 0.6 is 11.8 Å². The van der Waals surface area contributed by atoms with Gasteiger partial charge in [-0.25, -0.2) is 9.97 Å². The fourth-order valence-corrected chi connectivity index (χ4v) is 2.48. The first kappa shape index (κ1) is 15.8. The Labute approximate surface area is 130 Å². The van der Waals surface area contributed by atoms with Gasteiger partial charge < -0.3 is 5.32 Å². The largest absolute Gasteiger partial charge is 0.370 e. The van der Waals surface area contributed by atoms with Gasteiger partial charge in [-0.2, -0.15) is 11.8 Å². The van der Waals surface area contributed by atoms with Crippen molar-refractivity contribution in [2.75, 3.05) is 23.9 Å². The zero-order chi connectivity index (χ0) is 15.1. The Kier molecular flexibility index (Phi) is 5.99. The van der Waals surface area contributed by atoms with E-state index in [2.05, 4.69) is 33.4 Å². The van der Waals surface area contributed by atoms with Gasteiger partial charge in [0.2, 0.25) is 0 Å². The molecular formula is C16H22N4S. The van der Waals surface area contributed by atoms with Crippen LogP contribution in [0.15, 0.2) is 24.4 Å². The number of nitrogens with zero attached hydrogens (tertiary/aromatic N) is 3. The number of rotatable bonds is 7. The van der Waals surface area contributed by atoms with Crippen LogP contribution in [0.5, 0.6) is 0 Å². The van der Waals surface area contributed by atoms with E-state index >= 15 is 0 Å². The Bertz CT molecular complexity index is 572. The van der Waals surface area contributed by atoms with Gasteiger partial charge in [-0.05, 0) is 50.8 Å². The van der Waals surface area contributed by atoms with Crippen molar-refractivity contribution in [1.29, 1.82) is 0 Å². The van der Waals surface area contributed by atoms with Gasteiger partial charge in [0.15, 0.2) is 5.82 Å². The van der Waals surface area contributed by atoms with Crippen LogP contribution in [0, 0.1) is 13.8 Å². The Morgan fingerprint density at radius 1 is 1.14 bits per heavy atom. The first-order chi connectivity index (χ1) is 10.2. The summed E-state index contributed by atoms with van der Waals surface area (Å²) >= 11 is 1.89. The van der Waals surface area contributed by atoms with Crippen molar-refractivity contribution in [3.05, 3.63) is 35.7 Å². The molecule has 0 atom stereocenters. The zero-order valence-corrected chi connectivity index (χ0v) is 13.7. The molecule has 0 aromatic carbocycles. The van der Waals surface area contributed by atoms with Gasteiger partial charge in [0, 0.05) is 24.0 Å². The summed E-state index contributed by atoms with van der Waals surface area (Å²) in [5.74, 6) is 2.82. The third-order valence-corrected chi connectivity index (χ3v) is 4.05. The Hall–Kier alpha value is -1.62. The number of aromatic nitrogens is 3. The summed E-state index contributed by atoms with van der Waals surface area (Å²) in [5.41, 5.74) is 2.92. The maximum absolute atomic E-state index is 4.63. The van der Waals surface area contributed by atoms with Gasteiger partial charge >= 0.3 is 0 Å². The van der Waals surface area contributed by atoms with Crippen molar-refractivity contribution >= 4 is 17.6 Å². The molecule has 4 nitrogen and oxygen atoms in total. The summed E-state index contributed by atoms with van der Waals surface area (Å²) in [6, 6.07) is 5.79. The van der Waals surface area contributed by atoms with Gasteiger partial charge in [0.1, 0.15) is 11.5 Å². The van der Waals surface area contributed by atoms with Gasteiger partial charge in [-0.3, -0.25) is 4.98 Å². The van der Waals surface area contributed by atoms with Crippen molar-refractivity contribution in [2.24, 2.45) is 0 Å².